The number of hydrogen-bond donors (Lipinski definition) is 1. The summed E-state index contributed by atoms with van der Waals surface area (Å²) >= 11 is 0. The quantitative estimate of drug-likeness (QED) is 0.841. The van der Waals surface area contributed by atoms with Gasteiger partial charge in [0.2, 0.25) is 0 Å². The van der Waals surface area contributed by atoms with E-state index < -0.39 is 0 Å². The SMILES string of the molecule is CCNc1cc(N(CC(C)C)C2CCCC2)ccn1. The molecule has 1 aliphatic rings. The molecule has 0 radical (unpaired) electrons. The molecule has 1 aromatic heterocycles. The molecule has 0 bridgehead atoms. The van der Waals surface area contributed by atoms with Crippen LogP contribution in [0.5, 0.6) is 0 Å². The van der Waals surface area contributed by atoms with E-state index in [0.717, 1.165) is 24.9 Å². The number of pyridine rings is 1. The average molecular weight is 261 g/mol. The second kappa shape index (κ2) is 6.78. The Kier molecular flexibility index (Phi) is 5.06. The molecule has 0 aromatic carbocycles. The molecule has 1 fully saturated rings. The summed E-state index contributed by atoms with van der Waals surface area (Å²) in [5.41, 5.74) is 1.33. The zero-order chi connectivity index (χ0) is 13.7. The summed E-state index contributed by atoms with van der Waals surface area (Å²) in [6, 6.07) is 5.07. The van der Waals surface area contributed by atoms with Crippen LogP contribution in [-0.2, 0) is 0 Å². The summed E-state index contributed by atoms with van der Waals surface area (Å²) in [4.78, 5) is 6.98. The lowest BCUT2D eigenvalue weighted by atomic mass is 10.1. The number of anilines is 2. The van der Waals surface area contributed by atoms with E-state index in [1.165, 1.54) is 31.4 Å². The molecule has 0 saturated heterocycles. The second-order valence-corrected chi connectivity index (χ2v) is 5.91. The maximum atomic E-state index is 4.38. The van der Waals surface area contributed by atoms with Crippen molar-refractivity contribution in [1.29, 1.82) is 0 Å². The third-order valence-corrected chi connectivity index (χ3v) is 3.76. The van der Waals surface area contributed by atoms with E-state index in [1.54, 1.807) is 0 Å². The van der Waals surface area contributed by atoms with E-state index in [1.807, 2.05) is 6.20 Å². The molecule has 0 spiro atoms. The van der Waals surface area contributed by atoms with Crippen LogP contribution in [0.25, 0.3) is 0 Å². The minimum absolute atomic E-state index is 0.691. The van der Waals surface area contributed by atoms with E-state index in [4.69, 9.17) is 0 Å². The Morgan fingerprint density at radius 2 is 2.11 bits per heavy atom. The number of hydrogen-bond acceptors (Lipinski definition) is 3. The predicted molar refractivity (Wildman–Crippen MR) is 82.8 cm³/mol. The molecule has 0 unspecified atom stereocenters. The van der Waals surface area contributed by atoms with E-state index in [2.05, 4.69) is 48.1 Å². The van der Waals surface area contributed by atoms with Gasteiger partial charge in [-0.2, -0.15) is 0 Å². The molecule has 1 aromatic rings. The van der Waals surface area contributed by atoms with Crippen LogP contribution in [-0.4, -0.2) is 24.1 Å². The van der Waals surface area contributed by atoms with Crippen LogP contribution in [0.1, 0.15) is 46.5 Å². The Hall–Kier alpha value is -1.25. The monoisotopic (exact) mass is 261 g/mol. The molecule has 1 aliphatic carbocycles. The van der Waals surface area contributed by atoms with Crippen molar-refractivity contribution in [3.05, 3.63) is 18.3 Å². The molecule has 1 heterocycles. The Bertz CT molecular complexity index is 383. The molecule has 3 heteroatoms. The first-order valence-corrected chi connectivity index (χ1v) is 7.67. The van der Waals surface area contributed by atoms with Crippen molar-refractivity contribution in [2.24, 2.45) is 5.92 Å². The van der Waals surface area contributed by atoms with Crippen LogP contribution < -0.4 is 10.2 Å². The predicted octanol–water partition coefficient (Wildman–Crippen LogP) is 3.92. The fourth-order valence-corrected chi connectivity index (χ4v) is 2.95. The maximum Gasteiger partial charge on any atom is 0.127 e. The van der Waals surface area contributed by atoms with Crippen molar-refractivity contribution in [1.82, 2.24) is 4.98 Å². The molecular formula is C16H27N3. The van der Waals surface area contributed by atoms with Gasteiger partial charge >= 0.3 is 0 Å². The van der Waals surface area contributed by atoms with Crippen LogP contribution in [0.2, 0.25) is 0 Å². The molecule has 0 atom stereocenters. The topological polar surface area (TPSA) is 28.2 Å². The molecule has 1 N–H and O–H groups in total. The zero-order valence-corrected chi connectivity index (χ0v) is 12.5. The lowest BCUT2D eigenvalue weighted by Gasteiger charge is -2.33. The van der Waals surface area contributed by atoms with Gasteiger partial charge in [-0.05, 0) is 31.7 Å². The van der Waals surface area contributed by atoms with Gasteiger partial charge < -0.3 is 10.2 Å². The number of rotatable bonds is 6. The van der Waals surface area contributed by atoms with Crippen molar-refractivity contribution in [3.63, 3.8) is 0 Å². The van der Waals surface area contributed by atoms with E-state index in [9.17, 15) is 0 Å². The molecule has 1 saturated carbocycles. The summed E-state index contributed by atoms with van der Waals surface area (Å²) in [7, 11) is 0. The number of nitrogens with one attached hydrogen (secondary N) is 1. The van der Waals surface area contributed by atoms with Gasteiger partial charge in [-0.1, -0.05) is 26.7 Å². The highest BCUT2D eigenvalue weighted by Crippen LogP contribution is 2.29. The van der Waals surface area contributed by atoms with Crippen molar-refractivity contribution in [2.75, 3.05) is 23.3 Å². The molecule has 2 rings (SSSR count). The van der Waals surface area contributed by atoms with Gasteiger partial charge in [0.15, 0.2) is 0 Å². The maximum absolute atomic E-state index is 4.38. The molecule has 0 aliphatic heterocycles. The first-order valence-electron chi connectivity index (χ1n) is 7.67. The Balaban J connectivity index is 2.18. The van der Waals surface area contributed by atoms with E-state index in [-0.39, 0.29) is 0 Å². The van der Waals surface area contributed by atoms with Gasteiger partial charge in [-0.25, -0.2) is 4.98 Å². The van der Waals surface area contributed by atoms with Crippen molar-refractivity contribution in [2.45, 2.75) is 52.5 Å². The third-order valence-electron chi connectivity index (χ3n) is 3.76. The largest absolute Gasteiger partial charge is 0.370 e. The Morgan fingerprint density at radius 3 is 2.74 bits per heavy atom. The van der Waals surface area contributed by atoms with Gasteiger partial charge in [0.05, 0.1) is 0 Å². The molecular weight excluding hydrogens is 234 g/mol. The first-order chi connectivity index (χ1) is 9.20. The van der Waals surface area contributed by atoms with Crippen molar-refractivity contribution < 1.29 is 0 Å². The Morgan fingerprint density at radius 1 is 1.37 bits per heavy atom. The van der Waals surface area contributed by atoms with Crippen molar-refractivity contribution in [3.8, 4) is 0 Å². The lowest BCUT2D eigenvalue weighted by Crippen LogP contribution is -2.36. The van der Waals surface area contributed by atoms with Crippen LogP contribution in [0, 0.1) is 5.92 Å². The van der Waals surface area contributed by atoms with E-state index >= 15 is 0 Å². The van der Waals surface area contributed by atoms with Crippen LogP contribution in [0.15, 0.2) is 18.3 Å². The van der Waals surface area contributed by atoms with Gasteiger partial charge in [0.25, 0.3) is 0 Å². The third kappa shape index (κ3) is 3.85. The van der Waals surface area contributed by atoms with Crippen LogP contribution in [0.3, 0.4) is 0 Å². The fourth-order valence-electron chi connectivity index (χ4n) is 2.95. The summed E-state index contributed by atoms with van der Waals surface area (Å²) in [6.45, 7) is 8.77. The zero-order valence-electron chi connectivity index (χ0n) is 12.5. The summed E-state index contributed by atoms with van der Waals surface area (Å²) < 4.78 is 0. The minimum atomic E-state index is 0.691. The molecule has 3 nitrogen and oxygen atoms in total. The first kappa shape index (κ1) is 14.2. The van der Waals surface area contributed by atoms with Crippen LogP contribution >= 0.6 is 0 Å². The molecule has 19 heavy (non-hydrogen) atoms. The highest BCUT2D eigenvalue weighted by molar-refractivity contribution is 5.54. The standard InChI is InChI=1S/C16H27N3/c1-4-17-16-11-15(9-10-18-16)19(12-13(2)3)14-7-5-6-8-14/h9-11,13-14H,4-8,12H2,1-3H3,(H,17,18). The van der Waals surface area contributed by atoms with Crippen LogP contribution in [0.4, 0.5) is 11.5 Å². The van der Waals surface area contributed by atoms with Gasteiger partial charge in [-0.3, -0.25) is 0 Å². The Labute approximate surface area is 117 Å². The minimum Gasteiger partial charge on any atom is -0.370 e. The smallest absolute Gasteiger partial charge is 0.127 e. The fraction of sp³-hybridized carbons (Fsp3) is 0.688. The van der Waals surface area contributed by atoms with E-state index in [0.29, 0.717) is 5.92 Å². The van der Waals surface area contributed by atoms with Gasteiger partial charge in [0.1, 0.15) is 5.82 Å². The summed E-state index contributed by atoms with van der Waals surface area (Å²) in [5.74, 6) is 1.68. The second-order valence-electron chi connectivity index (χ2n) is 5.91. The van der Waals surface area contributed by atoms with Gasteiger partial charge in [-0.15, -0.1) is 0 Å². The number of aromatic nitrogens is 1. The van der Waals surface area contributed by atoms with Crippen molar-refractivity contribution >= 4 is 11.5 Å². The molecule has 0 amide bonds. The summed E-state index contributed by atoms with van der Waals surface area (Å²) in [5, 5.41) is 3.31. The highest BCUT2D eigenvalue weighted by Gasteiger charge is 2.23. The highest BCUT2D eigenvalue weighted by atomic mass is 15.2. The van der Waals surface area contributed by atoms with Gasteiger partial charge in [0, 0.05) is 37.1 Å². The average Bonchev–Trinajstić information content (AvgIpc) is 2.90. The summed E-state index contributed by atoms with van der Waals surface area (Å²) in [6.07, 6.45) is 7.36. The molecule has 106 valence electrons. The lowest BCUT2D eigenvalue weighted by molar-refractivity contribution is 0.536. The normalized spacial score (nSPS) is 16.0. The number of nitrogens with zero attached hydrogens (tertiary/aromatic N) is 2.